The lowest BCUT2D eigenvalue weighted by molar-refractivity contribution is -0.633. The predicted molar refractivity (Wildman–Crippen MR) is 115 cm³/mol. The number of aryl methyl sites for hydroxylation is 2. The molecule has 0 aliphatic carbocycles. The first-order valence-corrected chi connectivity index (χ1v) is 9.78. The molecule has 0 atom stereocenters. The van der Waals surface area contributed by atoms with Gasteiger partial charge in [-0.2, -0.15) is 4.57 Å². The highest BCUT2D eigenvalue weighted by Crippen LogP contribution is 2.30. The molecule has 5 nitrogen and oxygen atoms in total. The third-order valence-corrected chi connectivity index (χ3v) is 5.26. The van der Waals surface area contributed by atoms with E-state index in [2.05, 4.69) is 0 Å². The van der Waals surface area contributed by atoms with Crippen LogP contribution in [0.1, 0.15) is 21.5 Å². The number of carbonyl (C=O) groups excluding carboxylic acids is 1. The van der Waals surface area contributed by atoms with Crippen molar-refractivity contribution in [3.63, 3.8) is 0 Å². The summed E-state index contributed by atoms with van der Waals surface area (Å²) in [6, 6.07) is 18.0. The number of aromatic nitrogens is 1. The van der Waals surface area contributed by atoms with Crippen LogP contribution in [-0.4, -0.2) is 17.0 Å². The lowest BCUT2D eigenvalue weighted by atomic mass is 10.0. The predicted octanol–water partition coefficient (Wildman–Crippen LogP) is 4.85. The Morgan fingerprint density at radius 3 is 1.93 bits per heavy atom. The topological polar surface area (TPSA) is 67.5 Å². The summed E-state index contributed by atoms with van der Waals surface area (Å²) in [7, 11) is 0. The second-order valence-electron chi connectivity index (χ2n) is 7.15. The molecule has 6 heteroatoms. The Balaban J connectivity index is 1.97. The van der Waals surface area contributed by atoms with Crippen LogP contribution in [0.4, 0.5) is 0 Å². The van der Waals surface area contributed by atoms with Gasteiger partial charge in [0.25, 0.3) is 0 Å². The van der Waals surface area contributed by atoms with Crippen LogP contribution in [-0.2, 0) is 11.3 Å². The third kappa shape index (κ3) is 3.48. The highest BCUT2D eigenvalue weighted by Gasteiger charge is 2.27. The highest BCUT2D eigenvalue weighted by molar-refractivity contribution is 6.30. The molecular formula is C24H19ClNO4+. The summed E-state index contributed by atoms with van der Waals surface area (Å²) in [6.45, 7) is 3.46. The number of pyridine rings is 1. The number of hydrogen-bond donors (Lipinski definition) is 1. The largest absolute Gasteiger partial charge is 0.477 e. The van der Waals surface area contributed by atoms with Crippen LogP contribution in [0.25, 0.3) is 21.8 Å². The first-order chi connectivity index (χ1) is 14.4. The lowest BCUT2D eigenvalue weighted by Gasteiger charge is -2.14. The van der Waals surface area contributed by atoms with Crippen molar-refractivity contribution < 1.29 is 24.0 Å². The molecule has 0 aliphatic heterocycles. The van der Waals surface area contributed by atoms with Gasteiger partial charge in [0.2, 0.25) is 17.6 Å². The number of halogens is 1. The number of hydrogen-bond acceptors (Lipinski definition) is 3. The molecule has 0 fully saturated rings. The summed E-state index contributed by atoms with van der Waals surface area (Å²) in [5.74, 6) is -0.990. The number of rotatable bonds is 4. The Hall–Kier alpha value is -3.44. The molecule has 0 spiro atoms. The van der Waals surface area contributed by atoms with Gasteiger partial charge in [0, 0.05) is 17.2 Å². The van der Waals surface area contributed by atoms with Gasteiger partial charge in [-0.05, 0) is 49.2 Å². The van der Waals surface area contributed by atoms with Crippen molar-refractivity contribution in [3.05, 3.63) is 82.4 Å². The molecule has 150 valence electrons. The molecule has 4 rings (SSSR count). The molecule has 0 saturated heterocycles. The molecule has 0 aliphatic rings. The number of esters is 1. The monoisotopic (exact) mass is 420 g/mol. The fraction of sp³-hybridized carbons (Fsp3) is 0.125. The number of para-hydroxylation sites is 2. The number of benzene rings is 3. The maximum atomic E-state index is 13.4. The van der Waals surface area contributed by atoms with Crippen molar-refractivity contribution in [2.24, 2.45) is 0 Å². The number of aliphatic carboxylic acids is 1. The Bertz CT molecular complexity index is 1250. The summed E-state index contributed by atoms with van der Waals surface area (Å²) in [5.41, 5.74) is 3.22. The van der Waals surface area contributed by atoms with Gasteiger partial charge in [0.1, 0.15) is 5.75 Å². The normalized spacial score (nSPS) is 11.0. The van der Waals surface area contributed by atoms with Gasteiger partial charge in [-0.3, -0.25) is 0 Å². The van der Waals surface area contributed by atoms with E-state index in [1.807, 2.05) is 38.1 Å². The first kappa shape index (κ1) is 19.9. The zero-order valence-corrected chi connectivity index (χ0v) is 17.2. The van der Waals surface area contributed by atoms with E-state index in [0.717, 1.165) is 11.1 Å². The van der Waals surface area contributed by atoms with Crippen molar-refractivity contribution >= 4 is 45.3 Å². The zero-order valence-electron chi connectivity index (χ0n) is 16.5. The van der Waals surface area contributed by atoms with Gasteiger partial charge >= 0.3 is 11.9 Å². The summed E-state index contributed by atoms with van der Waals surface area (Å²) in [6.07, 6.45) is 0. The molecule has 0 bridgehead atoms. The van der Waals surface area contributed by atoms with Gasteiger partial charge in [-0.1, -0.05) is 35.9 Å². The number of nitrogens with zero attached hydrogens (tertiary/aromatic N) is 1. The third-order valence-electron chi connectivity index (χ3n) is 5.05. The van der Waals surface area contributed by atoms with Crippen LogP contribution in [0.15, 0.2) is 60.7 Å². The highest BCUT2D eigenvalue weighted by atomic mass is 35.5. The van der Waals surface area contributed by atoms with Crippen LogP contribution in [0, 0.1) is 13.8 Å². The number of fused-ring (bicyclic) bond motifs is 2. The van der Waals surface area contributed by atoms with E-state index < -0.39 is 11.9 Å². The van der Waals surface area contributed by atoms with E-state index in [4.69, 9.17) is 16.3 Å². The zero-order chi connectivity index (χ0) is 21.4. The van der Waals surface area contributed by atoms with Crippen molar-refractivity contribution in [2.45, 2.75) is 20.4 Å². The van der Waals surface area contributed by atoms with E-state index >= 15 is 0 Å². The second kappa shape index (κ2) is 7.76. The van der Waals surface area contributed by atoms with Crippen LogP contribution in [0.2, 0.25) is 5.02 Å². The average Bonchev–Trinajstić information content (AvgIpc) is 2.70. The summed E-state index contributed by atoms with van der Waals surface area (Å²) >= 11 is 6.10. The molecule has 1 N–H and O–H groups in total. The molecule has 4 aromatic rings. The molecule has 0 radical (unpaired) electrons. The fourth-order valence-electron chi connectivity index (χ4n) is 3.84. The van der Waals surface area contributed by atoms with Gasteiger partial charge in [-0.15, -0.1) is 0 Å². The van der Waals surface area contributed by atoms with E-state index in [9.17, 15) is 14.7 Å². The minimum atomic E-state index is -0.960. The van der Waals surface area contributed by atoms with Crippen LogP contribution in [0.5, 0.6) is 5.75 Å². The van der Waals surface area contributed by atoms with E-state index in [1.165, 1.54) is 0 Å². The maximum Gasteiger partial charge on any atom is 0.370 e. The minimum absolute atomic E-state index is 0.217. The quantitative estimate of drug-likeness (QED) is 0.222. The number of carboxylic acid groups (broad SMARTS) is 1. The lowest BCUT2D eigenvalue weighted by Crippen LogP contribution is -2.40. The average molecular weight is 421 g/mol. The van der Waals surface area contributed by atoms with Crippen molar-refractivity contribution in [3.8, 4) is 5.75 Å². The van der Waals surface area contributed by atoms with Crippen LogP contribution >= 0.6 is 11.6 Å². The van der Waals surface area contributed by atoms with Crippen molar-refractivity contribution in [1.82, 2.24) is 0 Å². The smallest absolute Gasteiger partial charge is 0.370 e. The number of carboxylic acids is 1. The fourth-order valence-corrected chi connectivity index (χ4v) is 4.17. The van der Waals surface area contributed by atoms with Crippen LogP contribution < -0.4 is 9.30 Å². The summed E-state index contributed by atoms with van der Waals surface area (Å²) < 4.78 is 7.53. The molecule has 0 unspecified atom stereocenters. The summed E-state index contributed by atoms with van der Waals surface area (Å²) in [5, 5.41) is 11.3. The SMILES string of the molecule is Cc1cc(Cl)cc(C)c1OC(=O)c1c2ccccc2[n+](CC(=O)O)c2ccccc12. The van der Waals surface area contributed by atoms with E-state index in [1.54, 1.807) is 41.0 Å². The Morgan fingerprint density at radius 2 is 1.43 bits per heavy atom. The molecule has 3 aromatic carbocycles. The van der Waals surface area contributed by atoms with Gasteiger partial charge in [0.05, 0.1) is 16.3 Å². The van der Waals surface area contributed by atoms with Crippen molar-refractivity contribution in [2.75, 3.05) is 0 Å². The second-order valence-corrected chi connectivity index (χ2v) is 7.58. The number of carbonyl (C=O) groups is 2. The van der Waals surface area contributed by atoms with Gasteiger partial charge < -0.3 is 9.84 Å². The molecule has 0 saturated carbocycles. The maximum absolute atomic E-state index is 13.4. The van der Waals surface area contributed by atoms with E-state index in [0.29, 0.717) is 38.1 Å². The first-order valence-electron chi connectivity index (χ1n) is 9.41. The molecule has 1 aromatic heterocycles. The Morgan fingerprint density at radius 1 is 0.933 bits per heavy atom. The molecule has 0 amide bonds. The van der Waals surface area contributed by atoms with Crippen LogP contribution in [0.3, 0.4) is 0 Å². The van der Waals surface area contributed by atoms with Gasteiger partial charge in [0.15, 0.2) is 0 Å². The standard InChI is InChI=1S/C24H18ClNO4/c1-14-11-16(25)12-15(2)23(14)30-24(29)22-17-7-3-5-9-19(17)26(13-21(27)28)20-10-6-4-8-18(20)22/h3-12H,13H2,1-2H3/p+1. The summed E-state index contributed by atoms with van der Waals surface area (Å²) in [4.78, 5) is 24.9. The number of ether oxygens (including phenoxy) is 1. The van der Waals surface area contributed by atoms with Gasteiger partial charge in [-0.25, -0.2) is 9.59 Å². The van der Waals surface area contributed by atoms with E-state index in [-0.39, 0.29) is 6.54 Å². The molecule has 1 heterocycles. The minimum Gasteiger partial charge on any atom is -0.477 e. The molecule has 30 heavy (non-hydrogen) atoms. The Kier molecular flexibility index (Phi) is 5.14. The molecular weight excluding hydrogens is 402 g/mol. The Labute approximate surface area is 178 Å². The van der Waals surface area contributed by atoms with Crippen molar-refractivity contribution in [1.29, 1.82) is 0 Å².